The molecule has 1 aliphatic heterocycles. The molecule has 1 aliphatic carbocycles. The summed E-state index contributed by atoms with van der Waals surface area (Å²) in [6.45, 7) is 4.96. The third-order valence-corrected chi connectivity index (χ3v) is 7.38. The molecule has 11 heteroatoms. The average molecular weight is 479 g/mol. The van der Waals surface area contributed by atoms with E-state index in [1.54, 1.807) is 0 Å². The number of hydrogen-bond acceptors (Lipinski definition) is 8. The zero-order chi connectivity index (χ0) is 23.6. The van der Waals surface area contributed by atoms with Crippen LogP contribution in [0.2, 0.25) is 0 Å². The van der Waals surface area contributed by atoms with E-state index in [0.717, 1.165) is 36.8 Å². The zero-order valence-corrected chi connectivity index (χ0v) is 19.9. The molecule has 2 heterocycles. The Morgan fingerprint density at radius 3 is 2.91 bits per heavy atom. The van der Waals surface area contributed by atoms with Crippen LogP contribution in [0.25, 0.3) is 0 Å². The van der Waals surface area contributed by atoms with Gasteiger partial charge in [-0.05, 0) is 41.9 Å². The Hall–Kier alpha value is -2.47. The molecule has 1 unspecified atom stereocenters. The quantitative estimate of drug-likeness (QED) is 0.593. The van der Waals surface area contributed by atoms with E-state index in [0.29, 0.717) is 0 Å². The molecule has 1 fully saturated rings. The number of anilines is 2. The maximum Gasteiger partial charge on any atom is 0.304 e. The molecule has 0 saturated carbocycles. The summed E-state index contributed by atoms with van der Waals surface area (Å²) < 4.78 is 44.6. The van der Waals surface area contributed by atoms with Crippen molar-refractivity contribution in [3.05, 3.63) is 40.8 Å². The van der Waals surface area contributed by atoms with Gasteiger partial charge in [-0.2, -0.15) is 17.7 Å². The van der Waals surface area contributed by atoms with Gasteiger partial charge in [-0.25, -0.2) is 4.72 Å². The fourth-order valence-electron chi connectivity index (χ4n) is 4.29. The topological polar surface area (TPSA) is 123 Å². The molecule has 2 aliphatic rings. The molecule has 180 valence electrons. The number of hydrogen-bond donors (Lipinski definition) is 2. The lowest BCUT2D eigenvalue weighted by molar-refractivity contribution is -0.0408. The van der Waals surface area contributed by atoms with E-state index in [9.17, 15) is 13.2 Å². The van der Waals surface area contributed by atoms with Gasteiger partial charge in [0.1, 0.15) is 6.26 Å². The molecule has 10 nitrogen and oxygen atoms in total. The zero-order valence-electron chi connectivity index (χ0n) is 19.1. The van der Waals surface area contributed by atoms with Crippen molar-refractivity contribution in [2.45, 2.75) is 45.1 Å². The van der Waals surface area contributed by atoms with Gasteiger partial charge in [0, 0.05) is 25.9 Å². The second-order valence-electron chi connectivity index (χ2n) is 8.58. The predicted octanol–water partition coefficient (Wildman–Crippen LogP) is 2.35. The van der Waals surface area contributed by atoms with E-state index in [4.69, 9.17) is 13.9 Å². The SMILES string of the molecule is COCC1CN(S(=O)(=O)NC(=O)c2coc(Nc3c(C(C)C)ccc4c3CCC4)n2)CCO1. The van der Waals surface area contributed by atoms with E-state index in [1.165, 1.54) is 22.5 Å². The molecule has 2 N–H and O–H groups in total. The van der Waals surface area contributed by atoms with Gasteiger partial charge >= 0.3 is 10.2 Å². The van der Waals surface area contributed by atoms with Crippen molar-refractivity contribution in [3.63, 3.8) is 0 Å². The van der Waals surface area contributed by atoms with Crippen LogP contribution in [0.5, 0.6) is 0 Å². The summed E-state index contributed by atoms with van der Waals surface area (Å²) in [4.78, 5) is 16.8. The minimum Gasteiger partial charge on any atom is -0.431 e. The molecule has 2 aromatic rings. The van der Waals surface area contributed by atoms with E-state index in [-0.39, 0.29) is 50.0 Å². The summed E-state index contributed by atoms with van der Waals surface area (Å²) in [5.74, 6) is -0.569. The second kappa shape index (κ2) is 9.80. The van der Waals surface area contributed by atoms with Crippen molar-refractivity contribution in [2.24, 2.45) is 0 Å². The first-order valence-corrected chi connectivity index (χ1v) is 12.5. The van der Waals surface area contributed by atoms with Gasteiger partial charge in [0.25, 0.3) is 11.9 Å². The standard InChI is InChI=1S/C22H30N4O6S/c1-14(2)17-8-7-15-5-4-6-18(15)20(17)24-22-23-19(13-32-22)21(27)25-33(28,29)26-9-10-31-16(11-26)12-30-3/h7-8,13-14,16H,4-6,9-12H2,1-3H3,(H,23,24)(H,25,27). The number of benzene rings is 1. The summed E-state index contributed by atoms with van der Waals surface area (Å²) in [6, 6.07) is 4.43. The Kier molecular flexibility index (Phi) is 7.03. The summed E-state index contributed by atoms with van der Waals surface area (Å²) in [7, 11) is -2.54. The van der Waals surface area contributed by atoms with E-state index < -0.39 is 16.1 Å². The van der Waals surface area contributed by atoms with Crippen molar-refractivity contribution >= 4 is 27.8 Å². The normalized spacial score (nSPS) is 19.0. The van der Waals surface area contributed by atoms with Crippen molar-refractivity contribution in [1.29, 1.82) is 0 Å². The minimum absolute atomic E-state index is 0.0964. The summed E-state index contributed by atoms with van der Waals surface area (Å²) in [5, 5.41) is 3.23. The maximum atomic E-state index is 12.7. The van der Waals surface area contributed by atoms with Gasteiger partial charge in [0.2, 0.25) is 0 Å². The van der Waals surface area contributed by atoms with Crippen LogP contribution in [0.15, 0.2) is 22.8 Å². The molecular weight excluding hydrogens is 448 g/mol. The van der Waals surface area contributed by atoms with Gasteiger partial charge in [0.15, 0.2) is 5.69 Å². The number of aryl methyl sites for hydroxylation is 1. The van der Waals surface area contributed by atoms with E-state index in [1.807, 2.05) is 0 Å². The lowest BCUT2D eigenvalue weighted by Crippen LogP contribution is -2.52. The highest BCUT2D eigenvalue weighted by atomic mass is 32.2. The highest BCUT2D eigenvalue weighted by Crippen LogP contribution is 2.37. The Labute approximate surface area is 193 Å². The number of oxazole rings is 1. The number of carbonyl (C=O) groups is 1. The molecule has 1 amide bonds. The van der Waals surface area contributed by atoms with Crippen LogP contribution in [-0.4, -0.2) is 63.1 Å². The molecule has 1 atom stereocenters. The molecule has 1 aromatic heterocycles. The van der Waals surface area contributed by atoms with Crippen LogP contribution in [0.1, 0.15) is 53.4 Å². The summed E-state index contributed by atoms with van der Waals surface area (Å²) in [5.41, 5.74) is 4.52. The summed E-state index contributed by atoms with van der Waals surface area (Å²) >= 11 is 0. The molecule has 1 saturated heterocycles. The minimum atomic E-state index is -4.06. The highest BCUT2D eigenvalue weighted by Gasteiger charge is 2.31. The highest BCUT2D eigenvalue weighted by molar-refractivity contribution is 7.87. The fourth-order valence-corrected chi connectivity index (χ4v) is 5.43. The third kappa shape index (κ3) is 5.21. The lowest BCUT2D eigenvalue weighted by atomic mass is 9.95. The van der Waals surface area contributed by atoms with Crippen LogP contribution in [0.4, 0.5) is 11.7 Å². The van der Waals surface area contributed by atoms with Gasteiger partial charge in [-0.15, -0.1) is 0 Å². The number of ether oxygens (including phenoxy) is 2. The Morgan fingerprint density at radius 2 is 2.15 bits per heavy atom. The number of nitrogens with zero attached hydrogens (tertiary/aromatic N) is 2. The third-order valence-electron chi connectivity index (χ3n) is 5.92. The number of rotatable bonds is 8. The Bertz CT molecular complexity index is 1110. The van der Waals surface area contributed by atoms with Crippen LogP contribution in [0.3, 0.4) is 0 Å². The van der Waals surface area contributed by atoms with Crippen molar-refractivity contribution in [2.75, 3.05) is 38.7 Å². The van der Waals surface area contributed by atoms with Gasteiger partial charge in [-0.3, -0.25) is 4.79 Å². The molecule has 0 radical (unpaired) electrons. The maximum absolute atomic E-state index is 12.7. The van der Waals surface area contributed by atoms with Gasteiger partial charge < -0.3 is 19.2 Å². The fraction of sp³-hybridized carbons (Fsp3) is 0.545. The molecule has 1 aromatic carbocycles. The number of carbonyl (C=O) groups excluding carboxylic acids is 1. The molecule has 33 heavy (non-hydrogen) atoms. The average Bonchev–Trinajstić information content (AvgIpc) is 3.43. The molecule has 4 rings (SSSR count). The van der Waals surface area contributed by atoms with Crippen molar-refractivity contribution < 1.29 is 27.1 Å². The van der Waals surface area contributed by atoms with E-state index in [2.05, 4.69) is 41.0 Å². The smallest absolute Gasteiger partial charge is 0.304 e. The van der Waals surface area contributed by atoms with Crippen LogP contribution >= 0.6 is 0 Å². The van der Waals surface area contributed by atoms with Crippen molar-refractivity contribution in [1.82, 2.24) is 14.0 Å². The van der Waals surface area contributed by atoms with Crippen molar-refractivity contribution in [3.8, 4) is 0 Å². The number of nitrogens with one attached hydrogen (secondary N) is 2. The largest absolute Gasteiger partial charge is 0.431 e. The van der Waals surface area contributed by atoms with Gasteiger partial charge in [-0.1, -0.05) is 26.0 Å². The van der Waals surface area contributed by atoms with E-state index >= 15 is 0 Å². The first-order chi connectivity index (χ1) is 15.8. The van der Waals surface area contributed by atoms with Crippen LogP contribution < -0.4 is 10.0 Å². The van der Waals surface area contributed by atoms with Crippen LogP contribution in [-0.2, 0) is 32.5 Å². The number of morpholine rings is 1. The molecular formula is C22H30N4O6S. The lowest BCUT2D eigenvalue weighted by Gasteiger charge is -2.31. The Morgan fingerprint density at radius 1 is 1.33 bits per heavy atom. The molecule has 0 spiro atoms. The number of aromatic nitrogens is 1. The van der Waals surface area contributed by atoms with Crippen LogP contribution in [0, 0.1) is 0 Å². The second-order valence-corrected chi connectivity index (χ2v) is 10.3. The number of methoxy groups -OCH3 is 1. The number of fused-ring (bicyclic) bond motifs is 1. The first-order valence-electron chi connectivity index (χ1n) is 11.1. The first kappa shape index (κ1) is 23.7. The monoisotopic (exact) mass is 478 g/mol. The Balaban J connectivity index is 1.47. The predicted molar refractivity (Wildman–Crippen MR) is 122 cm³/mol. The van der Waals surface area contributed by atoms with Gasteiger partial charge in [0.05, 0.1) is 19.3 Å². The molecule has 0 bridgehead atoms. The summed E-state index contributed by atoms with van der Waals surface area (Å²) in [6.07, 6.45) is 3.86. The number of amides is 1.